The van der Waals surface area contributed by atoms with Crippen molar-refractivity contribution in [1.82, 2.24) is 9.13 Å². The Hall–Kier alpha value is -6.38. The zero-order valence-electron chi connectivity index (χ0n) is 33.8. The Bertz CT molecular complexity index is 3290. The van der Waals surface area contributed by atoms with E-state index in [1.54, 1.807) is 5.56 Å². The number of fused-ring (bicyclic) bond motifs is 8. The summed E-state index contributed by atoms with van der Waals surface area (Å²) in [4.78, 5) is 0. The molecule has 0 saturated carbocycles. The maximum atomic E-state index is 2.71. The largest absolute Gasteiger partial charge is 0.333 e. The Morgan fingerprint density at radius 3 is 1.62 bits per heavy atom. The molecule has 2 heterocycles. The van der Waals surface area contributed by atoms with Gasteiger partial charge in [0.05, 0.1) is 22.6 Å². The van der Waals surface area contributed by atoms with Crippen LogP contribution >= 0.6 is 0 Å². The zero-order valence-corrected chi connectivity index (χ0v) is 33.8. The molecule has 0 N–H and O–H groups in total. The molecule has 3 aliphatic carbocycles. The van der Waals surface area contributed by atoms with Gasteiger partial charge in [-0.1, -0.05) is 91.0 Å². The smallest absolute Gasteiger partial charge is 0.0579 e. The molecule has 0 amide bonds. The van der Waals surface area contributed by atoms with Crippen LogP contribution in [-0.4, -0.2) is 9.13 Å². The lowest BCUT2D eigenvalue weighted by molar-refractivity contribution is 0.645. The Kier molecular flexibility index (Phi) is 7.30. The molecule has 0 spiro atoms. The van der Waals surface area contributed by atoms with Gasteiger partial charge in [-0.2, -0.15) is 0 Å². The molecule has 1 unspecified atom stereocenters. The molecule has 1 atom stereocenters. The van der Waals surface area contributed by atoms with E-state index in [2.05, 4.69) is 176 Å². The second-order valence-electron chi connectivity index (χ2n) is 17.3. The molecule has 3 aliphatic rings. The van der Waals surface area contributed by atoms with Crippen LogP contribution in [0.4, 0.5) is 0 Å². The van der Waals surface area contributed by atoms with Crippen molar-refractivity contribution < 1.29 is 0 Å². The predicted octanol–water partition coefficient (Wildman–Crippen LogP) is 14.4. The highest BCUT2D eigenvalue weighted by molar-refractivity contribution is 6.16. The fourth-order valence-corrected chi connectivity index (χ4v) is 10.8. The molecule has 0 saturated heterocycles. The minimum absolute atomic E-state index is 0.283. The van der Waals surface area contributed by atoms with Crippen LogP contribution in [0.3, 0.4) is 0 Å². The van der Waals surface area contributed by atoms with E-state index in [-0.39, 0.29) is 6.04 Å². The number of allylic oxidation sites excluding steroid dienone is 4. The third kappa shape index (κ3) is 4.84. The highest BCUT2D eigenvalue weighted by Crippen LogP contribution is 2.52. The molecular weight excluding hydrogens is 701 g/mol. The minimum atomic E-state index is 0.283. The van der Waals surface area contributed by atoms with Crippen LogP contribution in [0, 0.1) is 27.7 Å². The second-order valence-corrected chi connectivity index (χ2v) is 17.3. The summed E-state index contributed by atoms with van der Waals surface area (Å²) in [6.07, 6.45) is 14.4. The van der Waals surface area contributed by atoms with Crippen LogP contribution in [0.15, 0.2) is 140 Å². The lowest BCUT2D eigenvalue weighted by atomic mass is 9.74. The number of para-hydroxylation sites is 1. The van der Waals surface area contributed by atoms with E-state index in [0.29, 0.717) is 0 Å². The molecule has 0 fully saturated rings. The van der Waals surface area contributed by atoms with Gasteiger partial charge in [0.15, 0.2) is 0 Å². The number of benzene rings is 7. The first kappa shape index (κ1) is 33.7. The third-order valence-corrected chi connectivity index (χ3v) is 14.0. The van der Waals surface area contributed by atoms with Gasteiger partial charge in [-0.3, -0.25) is 0 Å². The molecule has 58 heavy (non-hydrogen) atoms. The summed E-state index contributed by atoms with van der Waals surface area (Å²) in [5.74, 6) is 0. The lowest BCUT2D eigenvalue weighted by Gasteiger charge is -2.32. The first-order chi connectivity index (χ1) is 28.4. The first-order valence-electron chi connectivity index (χ1n) is 21.2. The highest BCUT2D eigenvalue weighted by Gasteiger charge is 2.33. The van der Waals surface area contributed by atoms with Gasteiger partial charge in [0, 0.05) is 32.7 Å². The quantitative estimate of drug-likeness (QED) is 0.170. The van der Waals surface area contributed by atoms with Crippen LogP contribution in [0.2, 0.25) is 0 Å². The summed E-state index contributed by atoms with van der Waals surface area (Å²) in [6.45, 7) is 8.86. The van der Waals surface area contributed by atoms with Crippen LogP contribution in [0.25, 0.3) is 82.7 Å². The van der Waals surface area contributed by atoms with Gasteiger partial charge in [-0.25, -0.2) is 0 Å². The molecule has 0 bridgehead atoms. The van der Waals surface area contributed by atoms with Crippen molar-refractivity contribution >= 4 is 43.6 Å². The molecule has 2 nitrogen and oxygen atoms in total. The van der Waals surface area contributed by atoms with Crippen molar-refractivity contribution in [2.45, 2.75) is 65.8 Å². The molecule has 0 radical (unpaired) electrons. The van der Waals surface area contributed by atoms with Crippen molar-refractivity contribution in [3.8, 4) is 39.1 Å². The van der Waals surface area contributed by atoms with E-state index in [1.807, 2.05) is 0 Å². The summed E-state index contributed by atoms with van der Waals surface area (Å²) in [6, 6.07) is 44.8. The Morgan fingerprint density at radius 2 is 1.02 bits per heavy atom. The van der Waals surface area contributed by atoms with Crippen LogP contribution in [-0.2, 0) is 25.7 Å². The van der Waals surface area contributed by atoms with Crippen molar-refractivity contribution in [1.29, 1.82) is 0 Å². The monoisotopic (exact) mass is 746 g/mol. The molecule has 280 valence electrons. The lowest BCUT2D eigenvalue weighted by Crippen LogP contribution is -2.17. The van der Waals surface area contributed by atoms with Crippen molar-refractivity contribution in [2.75, 3.05) is 0 Å². The molecular formula is C56H46N2. The van der Waals surface area contributed by atoms with Gasteiger partial charge in [0.25, 0.3) is 0 Å². The third-order valence-electron chi connectivity index (χ3n) is 14.0. The highest BCUT2D eigenvalue weighted by atomic mass is 15.0. The van der Waals surface area contributed by atoms with Crippen LogP contribution in [0.5, 0.6) is 0 Å². The van der Waals surface area contributed by atoms with Gasteiger partial charge in [-0.15, -0.1) is 0 Å². The van der Waals surface area contributed by atoms with Gasteiger partial charge >= 0.3 is 0 Å². The molecule has 0 aliphatic heterocycles. The van der Waals surface area contributed by atoms with E-state index in [4.69, 9.17) is 0 Å². The van der Waals surface area contributed by atoms with E-state index >= 15 is 0 Å². The SMILES string of the molecule is Cc1ccc(-c2ccc3c(c2)c2cc4c5c(c2n3-c2ccccc2)CCc2cc3c6cc(-c7ccc(C)c(C)c7)ccc6n(C6C=CC=CC6)c3c(c2-5)CC4)cc1C. The zero-order chi connectivity index (χ0) is 38.8. The number of hydrogen-bond acceptors (Lipinski definition) is 0. The van der Waals surface area contributed by atoms with Crippen molar-refractivity contribution in [3.05, 3.63) is 184 Å². The Morgan fingerprint density at radius 1 is 0.466 bits per heavy atom. The molecule has 9 aromatic rings. The average molecular weight is 747 g/mol. The van der Waals surface area contributed by atoms with Crippen molar-refractivity contribution in [3.63, 3.8) is 0 Å². The molecule has 2 aromatic heterocycles. The van der Waals surface area contributed by atoms with Gasteiger partial charge < -0.3 is 9.13 Å². The minimum Gasteiger partial charge on any atom is -0.333 e. The van der Waals surface area contributed by atoms with E-state index in [9.17, 15) is 0 Å². The van der Waals surface area contributed by atoms with E-state index in [0.717, 1.165) is 32.1 Å². The van der Waals surface area contributed by atoms with Crippen LogP contribution < -0.4 is 0 Å². The Balaban J connectivity index is 1.14. The Labute approximate surface area is 340 Å². The summed E-state index contributed by atoms with van der Waals surface area (Å²) >= 11 is 0. The van der Waals surface area contributed by atoms with Crippen LogP contribution in [0.1, 0.15) is 57.0 Å². The maximum absolute atomic E-state index is 2.71. The van der Waals surface area contributed by atoms with Gasteiger partial charge in [0.1, 0.15) is 0 Å². The number of aryl methyl sites for hydroxylation is 8. The fourth-order valence-electron chi connectivity index (χ4n) is 10.8. The molecule has 7 aromatic carbocycles. The number of nitrogens with zero attached hydrogens (tertiary/aromatic N) is 2. The van der Waals surface area contributed by atoms with E-state index < -0.39 is 0 Å². The fraction of sp³-hybridized carbons (Fsp3) is 0.179. The summed E-state index contributed by atoms with van der Waals surface area (Å²) in [5, 5.41) is 5.53. The maximum Gasteiger partial charge on any atom is 0.0579 e. The summed E-state index contributed by atoms with van der Waals surface area (Å²) in [5.41, 5.74) is 26.3. The number of hydrogen-bond donors (Lipinski definition) is 0. The molecule has 2 heteroatoms. The first-order valence-corrected chi connectivity index (χ1v) is 21.2. The normalized spacial score (nSPS) is 15.6. The second kappa shape index (κ2) is 12.6. The average Bonchev–Trinajstić information content (AvgIpc) is 3.77. The number of aromatic nitrogens is 2. The standard InChI is InChI=1S/C56H46N2/c1-33-15-17-37(27-35(33)3)39-21-25-51-47(29-39)49-31-41-19-24-46-54-42(20-23-45(53(41)54)55(49)57(51)43-11-7-5-8-12-43)32-50-48-30-40(38-18-16-34(2)36(4)28-38)22-26-52(48)58(56(46)50)44-13-9-6-10-14-44/h5-13,15-18,21-22,25-32,44H,14,19-20,23-24H2,1-4H3. The summed E-state index contributed by atoms with van der Waals surface area (Å²) in [7, 11) is 0. The van der Waals surface area contributed by atoms with Gasteiger partial charge in [-0.05, 0) is 186 Å². The van der Waals surface area contributed by atoms with E-state index in [1.165, 1.54) is 122 Å². The predicted molar refractivity (Wildman–Crippen MR) is 246 cm³/mol. The molecule has 12 rings (SSSR count). The summed E-state index contributed by atoms with van der Waals surface area (Å²) < 4.78 is 5.28. The van der Waals surface area contributed by atoms with Gasteiger partial charge in [0.2, 0.25) is 0 Å². The van der Waals surface area contributed by atoms with Crippen molar-refractivity contribution in [2.24, 2.45) is 0 Å². The topological polar surface area (TPSA) is 9.86 Å². The number of rotatable bonds is 4.